The van der Waals surface area contributed by atoms with Crippen molar-refractivity contribution in [3.8, 4) is 0 Å². The van der Waals surface area contributed by atoms with Crippen molar-refractivity contribution in [2.24, 2.45) is 5.73 Å². The quantitative estimate of drug-likeness (QED) is 0.0668. The van der Waals surface area contributed by atoms with Crippen molar-refractivity contribution >= 4 is 41.8 Å². The molecular formula is C22H37N5O12. The van der Waals surface area contributed by atoms with E-state index in [-0.39, 0.29) is 25.5 Å². The highest BCUT2D eigenvalue weighted by Crippen LogP contribution is 2.13. The number of carboxylic acids is 1. The number of aldehydes is 1. The number of aliphatic carboxylic acids is 1. The largest absolute Gasteiger partial charge is 0.480 e. The Bertz CT molecular complexity index is 885. The highest BCUT2D eigenvalue weighted by molar-refractivity contribution is 5.92. The van der Waals surface area contributed by atoms with Gasteiger partial charge in [-0.15, -0.1) is 0 Å². The first-order valence-corrected chi connectivity index (χ1v) is 11.9. The van der Waals surface area contributed by atoms with Gasteiger partial charge < -0.3 is 57.0 Å². The highest BCUT2D eigenvalue weighted by Gasteiger charge is 2.37. The lowest BCUT2D eigenvalue weighted by atomic mass is 10.0. The number of rotatable bonds is 19. The molecule has 5 amide bonds. The lowest BCUT2D eigenvalue weighted by Crippen LogP contribution is -2.57. The van der Waals surface area contributed by atoms with Gasteiger partial charge in [0.05, 0.1) is 6.61 Å². The number of hydrogen-bond acceptors (Lipinski definition) is 11. The monoisotopic (exact) mass is 563 g/mol. The smallest absolute Gasteiger partial charge is 0.322 e. The van der Waals surface area contributed by atoms with E-state index in [2.05, 4.69) is 21.3 Å². The van der Waals surface area contributed by atoms with Crippen molar-refractivity contribution in [1.82, 2.24) is 21.3 Å². The fourth-order valence-corrected chi connectivity index (χ4v) is 3.17. The van der Waals surface area contributed by atoms with Crippen LogP contribution in [0.5, 0.6) is 0 Å². The SMILES string of the molecule is CCC(NC(=O)C(C)O[C@@H]([C@H](O)[C@H](O)CO)[C@H](C=O)NC(C)=O)C(=O)NC(CCC(=O)NCC(=O)O)C(N)=O. The van der Waals surface area contributed by atoms with Crippen LogP contribution in [0.25, 0.3) is 0 Å². The van der Waals surface area contributed by atoms with Crippen LogP contribution in [0.15, 0.2) is 0 Å². The fourth-order valence-electron chi connectivity index (χ4n) is 3.17. The van der Waals surface area contributed by atoms with E-state index < -0.39 is 91.2 Å². The average molecular weight is 564 g/mol. The Labute approximate surface area is 223 Å². The summed E-state index contributed by atoms with van der Waals surface area (Å²) in [5.41, 5.74) is 5.27. The van der Waals surface area contributed by atoms with Crippen LogP contribution in [0.3, 0.4) is 0 Å². The summed E-state index contributed by atoms with van der Waals surface area (Å²) in [6.45, 7) is 2.24. The van der Waals surface area contributed by atoms with E-state index in [4.69, 9.17) is 20.7 Å². The number of primary amides is 1. The first-order valence-electron chi connectivity index (χ1n) is 11.9. The molecule has 0 heterocycles. The normalized spacial score (nSPS) is 16.3. The summed E-state index contributed by atoms with van der Waals surface area (Å²) >= 11 is 0. The van der Waals surface area contributed by atoms with Crippen LogP contribution < -0.4 is 27.0 Å². The third-order valence-corrected chi connectivity index (χ3v) is 5.32. The molecule has 17 heteroatoms. The van der Waals surface area contributed by atoms with Crippen LogP contribution in [-0.4, -0.2) is 118 Å². The Kier molecular flexibility index (Phi) is 16.1. The molecule has 0 saturated heterocycles. The number of carbonyl (C=O) groups is 7. The van der Waals surface area contributed by atoms with Gasteiger partial charge in [0.15, 0.2) is 0 Å². The van der Waals surface area contributed by atoms with Gasteiger partial charge in [-0.1, -0.05) is 6.92 Å². The number of carboxylic acid groups (broad SMARTS) is 1. The van der Waals surface area contributed by atoms with Crippen molar-refractivity contribution in [3.05, 3.63) is 0 Å². The lowest BCUT2D eigenvalue weighted by Gasteiger charge is -2.32. The molecule has 222 valence electrons. The second kappa shape index (κ2) is 17.8. The van der Waals surface area contributed by atoms with Crippen molar-refractivity contribution in [2.45, 2.75) is 82.6 Å². The molecule has 0 rings (SSSR count). The van der Waals surface area contributed by atoms with Crippen molar-refractivity contribution in [2.75, 3.05) is 13.2 Å². The number of aliphatic hydroxyl groups is 3. The maximum absolute atomic E-state index is 12.7. The zero-order valence-corrected chi connectivity index (χ0v) is 21.8. The summed E-state index contributed by atoms with van der Waals surface area (Å²) in [6.07, 6.45) is -7.17. The van der Waals surface area contributed by atoms with Crippen LogP contribution in [0.4, 0.5) is 0 Å². The van der Waals surface area contributed by atoms with Gasteiger partial charge in [-0.3, -0.25) is 28.8 Å². The van der Waals surface area contributed by atoms with E-state index in [1.807, 2.05) is 0 Å². The van der Waals surface area contributed by atoms with Gasteiger partial charge in [0, 0.05) is 13.3 Å². The number of ether oxygens (including phenoxy) is 1. The van der Waals surface area contributed by atoms with Crippen LogP contribution in [0.2, 0.25) is 0 Å². The molecule has 0 saturated carbocycles. The first-order chi connectivity index (χ1) is 18.2. The van der Waals surface area contributed by atoms with Crippen molar-refractivity contribution in [3.63, 3.8) is 0 Å². The molecule has 0 radical (unpaired) electrons. The minimum Gasteiger partial charge on any atom is -0.480 e. The predicted molar refractivity (Wildman–Crippen MR) is 130 cm³/mol. The van der Waals surface area contributed by atoms with Gasteiger partial charge in [0.1, 0.15) is 55.4 Å². The average Bonchev–Trinajstić information content (AvgIpc) is 2.88. The molecule has 3 unspecified atom stereocenters. The van der Waals surface area contributed by atoms with E-state index >= 15 is 0 Å². The minimum atomic E-state index is -1.90. The van der Waals surface area contributed by atoms with Gasteiger partial charge >= 0.3 is 5.97 Å². The third kappa shape index (κ3) is 13.1. The highest BCUT2D eigenvalue weighted by atomic mass is 16.5. The van der Waals surface area contributed by atoms with Gasteiger partial charge in [-0.25, -0.2) is 0 Å². The second-order valence-electron chi connectivity index (χ2n) is 8.49. The van der Waals surface area contributed by atoms with E-state index in [0.717, 1.165) is 6.92 Å². The minimum absolute atomic E-state index is 0.0208. The number of amides is 5. The van der Waals surface area contributed by atoms with E-state index in [1.165, 1.54) is 13.8 Å². The summed E-state index contributed by atoms with van der Waals surface area (Å²) in [5, 5.41) is 46.7. The zero-order valence-electron chi connectivity index (χ0n) is 21.8. The number of nitrogens with one attached hydrogen (secondary N) is 4. The molecule has 0 aliphatic carbocycles. The number of hydrogen-bond donors (Lipinski definition) is 9. The Hall–Kier alpha value is -3.67. The Morgan fingerprint density at radius 2 is 1.59 bits per heavy atom. The molecule has 0 spiro atoms. The van der Waals surface area contributed by atoms with Crippen LogP contribution >= 0.6 is 0 Å². The topological polar surface area (TPSA) is 284 Å². The summed E-state index contributed by atoms with van der Waals surface area (Å²) in [6, 6.07) is -4.06. The molecular weight excluding hydrogens is 526 g/mol. The summed E-state index contributed by atoms with van der Waals surface area (Å²) in [7, 11) is 0. The van der Waals surface area contributed by atoms with Gasteiger partial charge in [0.25, 0.3) is 0 Å². The Morgan fingerprint density at radius 3 is 2.05 bits per heavy atom. The summed E-state index contributed by atoms with van der Waals surface area (Å²) in [5.74, 6) is -5.39. The number of nitrogens with two attached hydrogens (primary N) is 1. The molecule has 0 aromatic rings. The van der Waals surface area contributed by atoms with Gasteiger partial charge in [-0.2, -0.15) is 0 Å². The van der Waals surface area contributed by atoms with Crippen LogP contribution in [0, 0.1) is 0 Å². The molecule has 17 nitrogen and oxygen atoms in total. The van der Waals surface area contributed by atoms with Crippen LogP contribution in [0.1, 0.15) is 40.0 Å². The maximum Gasteiger partial charge on any atom is 0.322 e. The van der Waals surface area contributed by atoms with E-state index in [0.29, 0.717) is 0 Å². The zero-order chi connectivity index (χ0) is 30.3. The lowest BCUT2D eigenvalue weighted by molar-refractivity contribution is -0.158. The molecule has 0 fully saturated rings. The van der Waals surface area contributed by atoms with Crippen molar-refractivity contribution in [1.29, 1.82) is 0 Å². The Morgan fingerprint density at radius 1 is 1.00 bits per heavy atom. The molecule has 0 bridgehead atoms. The molecule has 0 aliphatic rings. The van der Waals surface area contributed by atoms with E-state index in [1.54, 1.807) is 0 Å². The maximum atomic E-state index is 12.7. The molecule has 0 aliphatic heterocycles. The summed E-state index contributed by atoms with van der Waals surface area (Å²) < 4.78 is 5.43. The molecule has 0 aromatic carbocycles. The van der Waals surface area contributed by atoms with Crippen molar-refractivity contribution < 1.29 is 58.7 Å². The fraction of sp³-hybridized carbons (Fsp3) is 0.682. The Balaban J connectivity index is 5.38. The standard InChI is InChI=1S/C22H37N5O12/c1-4-12(22(38)27-13(20(23)36)5-6-16(32)24-7-17(33)34)26-21(37)10(2)39-19(18(35)15(31)9-29)14(8-28)25-11(3)30/h8,10,12-15,18-19,29,31,35H,4-7,9H2,1-3H3,(H2,23,36)(H,24,32)(H,25,30)(H,26,37)(H,27,38)(H,33,34)/t10?,12?,13?,14-,15+,18+,19+/m0/s1. The first kappa shape index (κ1) is 35.3. The molecule has 0 aromatic heterocycles. The van der Waals surface area contributed by atoms with Gasteiger partial charge in [-0.05, 0) is 19.8 Å². The van der Waals surface area contributed by atoms with Gasteiger partial charge in [0.2, 0.25) is 29.5 Å². The molecule has 39 heavy (non-hydrogen) atoms. The van der Waals surface area contributed by atoms with Crippen LogP contribution in [-0.2, 0) is 38.3 Å². The van der Waals surface area contributed by atoms with E-state index in [9.17, 15) is 43.8 Å². The number of carbonyl (C=O) groups excluding carboxylic acids is 6. The molecule has 10 N–H and O–H groups in total. The molecule has 7 atom stereocenters. The predicted octanol–water partition coefficient (Wildman–Crippen LogP) is -4.98. The third-order valence-electron chi connectivity index (χ3n) is 5.32. The summed E-state index contributed by atoms with van der Waals surface area (Å²) in [4.78, 5) is 82.3. The second-order valence-corrected chi connectivity index (χ2v) is 8.49. The number of aliphatic hydroxyl groups excluding tert-OH is 3.